The SMILES string of the molecule is COc1ccc(C(=O)NNC(=O)COc2ccc(Br)cc2)cc1I. The molecular weight excluding hydrogens is 491 g/mol. The summed E-state index contributed by atoms with van der Waals surface area (Å²) in [6.45, 7) is -0.206. The van der Waals surface area contributed by atoms with Crippen LogP contribution < -0.4 is 20.3 Å². The Balaban J connectivity index is 1.81. The lowest BCUT2D eigenvalue weighted by molar-refractivity contribution is -0.123. The molecule has 8 heteroatoms. The average molecular weight is 505 g/mol. The van der Waals surface area contributed by atoms with Crippen LogP contribution in [0.4, 0.5) is 0 Å². The minimum atomic E-state index is -0.463. The molecule has 0 fully saturated rings. The number of hydrazine groups is 1. The molecule has 2 amide bonds. The molecule has 0 heterocycles. The molecule has 0 aromatic heterocycles. The van der Waals surface area contributed by atoms with Crippen molar-refractivity contribution in [3.8, 4) is 11.5 Å². The Morgan fingerprint density at radius 2 is 1.83 bits per heavy atom. The zero-order valence-electron chi connectivity index (χ0n) is 12.6. The van der Waals surface area contributed by atoms with Gasteiger partial charge in [0.1, 0.15) is 11.5 Å². The molecule has 0 aliphatic carbocycles. The summed E-state index contributed by atoms with van der Waals surface area (Å²) < 4.78 is 12.2. The molecule has 0 saturated carbocycles. The number of hydrogen-bond donors (Lipinski definition) is 2. The number of carbonyl (C=O) groups excluding carboxylic acids is 2. The zero-order valence-corrected chi connectivity index (χ0v) is 16.4. The zero-order chi connectivity index (χ0) is 17.5. The van der Waals surface area contributed by atoms with Gasteiger partial charge in [-0.2, -0.15) is 0 Å². The van der Waals surface area contributed by atoms with E-state index in [1.54, 1.807) is 49.6 Å². The summed E-state index contributed by atoms with van der Waals surface area (Å²) in [5.74, 6) is 0.352. The molecular formula is C16H14BrIN2O4. The van der Waals surface area contributed by atoms with E-state index in [0.717, 1.165) is 8.04 Å². The minimum absolute atomic E-state index is 0.206. The molecule has 0 radical (unpaired) electrons. The molecule has 0 atom stereocenters. The van der Waals surface area contributed by atoms with Crippen molar-refractivity contribution in [3.05, 3.63) is 56.1 Å². The van der Waals surface area contributed by atoms with Gasteiger partial charge in [-0.05, 0) is 65.1 Å². The summed E-state index contributed by atoms with van der Waals surface area (Å²) in [5.41, 5.74) is 5.05. The summed E-state index contributed by atoms with van der Waals surface area (Å²) in [7, 11) is 1.56. The van der Waals surface area contributed by atoms with E-state index in [0.29, 0.717) is 17.1 Å². The molecule has 24 heavy (non-hydrogen) atoms. The molecule has 0 unspecified atom stereocenters. The molecule has 0 bridgehead atoms. The van der Waals surface area contributed by atoms with E-state index in [1.807, 2.05) is 0 Å². The number of hydrogen-bond acceptors (Lipinski definition) is 4. The van der Waals surface area contributed by atoms with Crippen molar-refractivity contribution in [2.24, 2.45) is 0 Å². The number of nitrogens with one attached hydrogen (secondary N) is 2. The Morgan fingerprint density at radius 1 is 1.12 bits per heavy atom. The lowest BCUT2D eigenvalue weighted by Crippen LogP contribution is -2.43. The Bertz CT molecular complexity index is 737. The van der Waals surface area contributed by atoms with Gasteiger partial charge in [0.15, 0.2) is 6.61 Å². The molecule has 2 rings (SSSR count). The Labute approximate surface area is 161 Å². The second kappa shape index (κ2) is 8.88. The monoisotopic (exact) mass is 504 g/mol. The summed E-state index contributed by atoms with van der Waals surface area (Å²) in [5, 5.41) is 0. The largest absolute Gasteiger partial charge is 0.496 e. The number of rotatable bonds is 5. The Morgan fingerprint density at radius 3 is 2.46 bits per heavy atom. The number of benzene rings is 2. The van der Waals surface area contributed by atoms with Crippen LogP contribution in [-0.2, 0) is 4.79 Å². The third-order valence-electron chi connectivity index (χ3n) is 2.91. The van der Waals surface area contributed by atoms with Crippen LogP contribution in [0.25, 0.3) is 0 Å². The highest BCUT2D eigenvalue weighted by atomic mass is 127. The molecule has 0 saturated heterocycles. The fourth-order valence-corrected chi connectivity index (χ4v) is 2.72. The Hall–Kier alpha value is -1.81. The normalized spacial score (nSPS) is 9.96. The van der Waals surface area contributed by atoms with Crippen molar-refractivity contribution >= 4 is 50.3 Å². The molecule has 0 aliphatic heterocycles. The summed E-state index contributed by atoms with van der Waals surface area (Å²) in [6, 6.07) is 12.0. The van der Waals surface area contributed by atoms with E-state index >= 15 is 0 Å². The van der Waals surface area contributed by atoms with Crippen molar-refractivity contribution in [3.63, 3.8) is 0 Å². The number of amides is 2. The van der Waals surface area contributed by atoms with Gasteiger partial charge in [0.2, 0.25) is 0 Å². The lowest BCUT2D eigenvalue weighted by Gasteiger charge is -2.10. The minimum Gasteiger partial charge on any atom is -0.496 e. The van der Waals surface area contributed by atoms with E-state index < -0.39 is 11.8 Å². The molecule has 6 nitrogen and oxygen atoms in total. The fourth-order valence-electron chi connectivity index (χ4n) is 1.72. The van der Waals surface area contributed by atoms with Gasteiger partial charge in [0, 0.05) is 10.0 Å². The number of methoxy groups -OCH3 is 1. The number of halogens is 2. The highest BCUT2D eigenvalue weighted by Gasteiger charge is 2.10. The topological polar surface area (TPSA) is 76.7 Å². The summed E-state index contributed by atoms with van der Waals surface area (Å²) in [6.07, 6.45) is 0. The summed E-state index contributed by atoms with van der Waals surface area (Å²) in [4.78, 5) is 23.7. The fraction of sp³-hybridized carbons (Fsp3) is 0.125. The van der Waals surface area contributed by atoms with Gasteiger partial charge >= 0.3 is 0 Å². The molecule has 0 spiro atoms. The van der Waals surface area contributed by atoms with E-state index in [2.05, 4.69) is 49.4 Å². The van der Waals surface area contributed by atoms with E-state index in [-0.39, 0.29) is 6.61 Å². The lowest BCUT2D eigenvalue weighted by atomic mass is 10.2. The van der Waals surface area contributed by atoms with Crippen LogP contribution in [0.2, 0.25) is 0 Å². The van der Waals surface area contributed by atoms with Gasteiger partial charge in [-0.3, -0.25) is 20.4 Å². The van der Waals surface area contributed by atoms with Crippen LogP contribution in [0.5, 0.6) is 11.5 Å². The first-order valence-electron chi connectivity index (χ1n) is 6.80. The van der Waals surface area contributed by atoms with Crippen LogP contribution in [0, 0.1) is 3.57 Å². The highest BCUT2D eigenvalue weighted by molar-refractivity contribution is 14.1. The second-order valence-electron chi connectivity index (χ2n) is 4.59. The van der Waals surface area contributed by atoms with Crippen LogP contribution in [-0.4, -0.2) is 25.5 Å². The quantitative estimate of drug-likeness (QED) is 0.485. The average Bonchev–Trinajstić information content (AvgIpc) is 2.59. The van der Waals surface area contributed by atoms with E-state index in [1.165, 1.54) is 0 Å². The maximum atomic E-state index is 12.0. The van der Waals surface area contributed by atoms with Gasteiger partial charge in [0.25, 0.3) is 11.8 Å². The highest BCUT2D eigenvalue weighted by Crippen LogP contribution is 2.21. The van der Waals surface area contributed by atoms with Crippen molar-refractivity contribution in [1.82, 2.24) is 10.9 Å². The number of carbonyl (C=O) groups is 2. The first kappa shape index (κ1) is 18.5. The molecule has 0 aliphatic rings. The van der Waals surface area contributed by atoms with Gasteiger partial charge in [-0.25, -0.2) is 0 Å². The van der Waals surface area contributed by atoms with Gasteiger partial charge in [0.05, 0.1) is 10.7 Å². The first-order valence-corrected chi connectivity index (χ1v) is 8.68. The van der Waals surface area contributed by atoms with Crippen molar-refractivity contribution in [1.29, 1.82) is 0 Å². The smallest absolute Gasteiger partial charge is 0.276 e. The second-order valence-corrected chi connectivity index (χ2v) is 6.67. The maximum Gasteiger partial charge on any atom is 0.276 e. The van der Waals surface area contributed by atoms with Crippen molar-refractivity contribution in [2.75, 3.05) is 13.7 Å². The van der Waals surface area contributed by atoms with E-state index in [9.17, 15) is 9.59 Å². The predicted molar refractivity (Wildman–Crippen MR) is 101 cm³/mol. The molecule has 2 N–H and O–H groups in total. The molecule has 2 aromatic rings. The van der Waals surface area contributed by atoms with Crippen LogP contribution >= 0.6 is 38.5 Å². The van der Waals surface area contributed by atoms with Crippen molar-refractivity contribution < 1.29 is 19.1 Å². The summed E-state index contributed by atoms with van der Waals surface area (Å²) >= 11 is 5.38. The third-order valence-corrected chi connectivity index (χ3v) is 4.28. The first-order chi connectivity index (χ1) is 11.5. The Kier molecular flexibility index (Phi) is 6.85. The van der Waals surface area contributed by atoms with Crippen molar-refractivity contribution in [2.45, 2.75) is 0 Å². The van der Waals surface area contributed by atoms with Gasteiger partial charge in [-0.15, -0.1) is 0 Å². The van der Waals surface area contributed by atoms with Crippen LogP contribution in [0.15, 0.2) is 46.9 Å². The standard InChI is InChI=1S/C16H14BrIN2O4/c1-23-14-7-2-10(8-13(14)18)16(22)20-19-15(21)9-24-12-5-3-11(17)4-6-12/h2-8H,9H2,1H3,(H,19,21)(H,20,22). The maximum absolute atomic E-state index is 12.0. The predicted octanol–water partition coefficient (Wildman–Crippen LogP) is 2.90. The van der Waals surface area contributed by atoms with E-state index in [4.69, 9.17) is 9.47 Å². The third kappa shape index (κ3) is 5.38. The molecule has 2 aromatic carbocycles. The van der Waals surface area contributed by atoms with Gasteiger partial charge in [-0.1, -0.05) is 15.9 Å². The number of ether oxygens (including phenoxy) is 2. The van der Waals surface area contributed by atoms with Gasteiger partial charge < -0.3 is 9.47 Å². The van der Waals surface area contributed by atoms with Crippen LogP contribution in [0.3, 0.4) is 0 Å². The molecule has 126 valence electrons. The van der Waals surface area contributed by atoms with Crippen LogP contribution in [0.1, 0.15) is 10.4 Å².